The molecule has 9 aromatic carbocycles. The van der Waals surface area contributed by atoms with Crippen LogP contribution in [0, 0.1) is 0 Å². The SMILES string of the molecule is C=N/C(=C\Cc1ccc(-n2c3ccc(-c4ccc5c(c4)-c4cc6c7ccccc7n(-c7ccccc7)c6cc4C5(C)C)cc3c3cc4c(cc32)oc2ccccc24)cc1)c1ccccc1. The highest BCUT2D eigenvalue weighted by Gasteiger charge is 2.36. The van der Waals surface area contributed by atoms with Crippen molar-refractivity contribution in [2.24, 2.45) is 4.99 Å². The van der Waals surface area contributed by atoms with E-state index in [0.29, 0.717) is 0 Å². The second-order valence-electron chi connectivity index (χ2n) is 18.0. The van der Waals surface area contributed by atoms with Crippen molar-refractivity contribution in [1.29, 1.82) is 0 Å². The van der Waals surface area contributed by atoms with Gasteiger partial charge in [-0.3, -0.25) is 4.99 Å². The first-order chi connectivity index (χ1) is 31.9. The molecule has 0 fully saturated rings. The van der Waals surface area contributed by atoms with E-state index in [1.165, 1.54) is 77.2 Å². The number of aromatic nitrogens is 2. The van der Waals surface area contributed by atoms with Crippen molar-refractivity contribution >= 4 is 78.0 Å². The molecule has 0 N–H and O–H groups in total. The number of nitrogens with zero attached hydrogens (tertiary/aromatic N) is 3. The number of hydrogen-bond acceptors (Lipinski definition) is 2. The predicted octanol–water partition coefficient (Wildman–Crippen LogP) is 16.0. The highest BCUT2D eigenvalue weighted by molar-refractivity contribution is 6.18. The maximum atomic E-state index is 6.49. The molecule has 3 aromatic heterocycles. The molecule has 0 saturated heterocycles. The summed E-state index contributed by atoms with van der Waals surface area (Å²) in [6.45, 7) is 8.60. The summed E-state index contributed by atoms with van der Waals surface area (Å²) >= 11 is 0. The molecule has 0 atom stereocenters. The maximum Gasteiger partial charge on any atom is 0.137 e. The first-order valence-corrected chi connectivity index (χ1v) is 22.4. The molecule has 65 heavy (non-hydrogen) atoms. The number of fused-ring (bicyclic) bond motifs is 12. The van der Waals surface area contributed by atoms with Gasteiger partial charge >= 0.3 is 0 Å². The second-order valence-corrected chi connectivity index (χ2v) is 18.0. The lowest BCUT2D eigenvalue weighted by atomic mass is 9.82. The van der Waals surface area contributed by atoms with Gasteiger partial charge < -0.3 is 13.6 Å². The molecule has 3 heterocycles. The third-order valence-electron chi connectivity index (χ3n) is 14.0. The van der Waals surface area contributed by atoms with Gasteiger partial charge in [0, 0.05) is 55.2 Å². The van der Waals surface area contributed by atoms with Crippen LogP contribution in [0.2, 0.25) is 0 Å². The van der Waals surface area contributed by atoms with Gasteiger partial charge in [-0.15, -0.1) is 0 Å². The number of hydrogen-bond donors (Lipinski definition) is 0. The number of aliphatic imine (C=N–C) groups is 1. The van der Waals surface area contributed by atoms with Crippen LogP contribution in [0.25, 0.3) is 105 Å². The van der Waals surface area contributed by atoms with Crippen LogP contribution >= 0.6 is 0 Å². The van der Waals surface area contributed by atoms with Crippen LogP contribution in [-0.2, 0) is 11.8 Å². The Bertz CT molecular complexity index is 3940. The summed E-state index contributed by atoms with van der Waals surface area (Å²) in [4.78, 5) is 4.33. The van der Waals surface area contributed by atoms with Crippen LogP contribution < -0.4 is 0 Å². The lowest BCUT2D eigenvalue weighted by Crippen LogP contribution is -2.15. The fourth-order valence-corrected chi connectivity index (χ4v) is 10.8. The molecule has 0 aliphatic heterocycles. The van der Waals surface area contributed by atoms with Crippen LogP contribution in [0.5, 0.6) is 0 Å². The zero-order valence-electron chi connectivity index (χ0n) is 36.2. The summed E-state index contributed by atoms with van der Waals surface area (Å²) in [7, 11) is 0. The van der Waals surface area contributed by atoms with Gasteiger partial charge in [0.2, 0.25) is 0 Å². The largest absolute Gasteiger partial charge is 0.456 e. The summed E-state index contributed by atoms with van der Waals surface area (Å²) in [5.41, 5.74) is 19.6. The highest BCUT2D eigenvalue weighted by Crippen LogP contribution is 2.52. The van der Waals surface area contributed by atoms with Crippen LogP contribution in [0.1, 0.15) is 36.1 Å². The van der Waals surface area contributed by atoms with Crippen LogP contribution in [0.3, 0.4) is 0 Å². The molecule has 12 aromatic rings. The van der Waals surface area contributed by atoms with Gasteiger partial charge in [0.05, 0.1) is 27.8 Å². The lowest BCUT2D eigenvalue weighted by molar-refractivity contribution is 0.661. The molecular weight excluding hydrogens is 791 g/mol. The zero-order chi connectivity index (χ0) is 43.4. The molecule has 0 saturated carbocycles. The molecule has 1 aliphatic rings. The monoisotopic (exact) mass is 833 g/mol. The molecule has 1 aliphatic carbocycles. The molecule has 13 rings (SSSR count). The van der Waals surface area contributed by atoms with E-state index in [1.54, 1.807) is 0 Å². The van der Waals surface area contributed by atoms with Gasteiger partial charge in [0.25, 0.3) is 0 Å². The first-order valence-electron chi connectivity index (χ1n) is 22.4. The number of furan rings is 1. The van der Waals surface area contributed by atoms with Crippen LogP contribution in [0.4, 0.5) is 0 Å². The minimum Gasteiger partial charge on any atom is -0.456 e. The summed E-state index contributed by atoms with van der Waals surface area (Å²) in [6, 6.07) is 70.7. The summed E-state index contributed by atoms with van der Waals surface area (Å²) < 4.78 is 11.3. The smallest absolute Gasteiger partial charge is 0.137 e. The molecule has 308 valence electrons. The Morgan fingerprint density at radius 3 is 1.91 bits per heavy atom. The quantitative estimate of drug-likeness (QED) is 0.147. The van der Waals surface area contributed by atoms with E-state index in [2.05, 4.69) is 211 Å². The first kappa shape index (κ1) is 37.4. The number of allylic oxidation sites excluding steroid dienone is 1. The standard InChI is InChI=1S/C61H43N3O/c1-61(2)52-29-25-40(32-46(52)47-34-49-44-18-10-12-20-55(44)63(57(49)36-53(47)61)42-16-8-5-9-17-42)41-26-31-56-48(33-41)50-35-51-45-19-11-13-21-59(45)65-60(51)37-58(50)64(56)43-27-22-38(23-28-43)24-30-54(62-3)39-14-6-4-7-15-39/h4-23,25-37H,3,24H2,1-2H3/b54-30-. The molecule has 0 unspecified atom stereocenters. The fourth-order valence-electron chi connectivity index (χ4n) is 10.8. The molecule has 0 radical (unpaired) electrons. The van der Waals surface area contributed by atoms with Crippen molar-refractivity contribution in [3.05, 3.63) is 222 Å². The third-order valence-corrected chi connectivity index (χ3v) is 14.0. The third kappa shape index (κ3) is 5.67. The van der Waals surface area contributed by atoms with Crippen molar-refractivity contribution in [2.45, 2.75) is 25.7 Å². The van der Waals surface area contributed by atoms with Crippen molar-refractivity contribution in [3.8, 4) is 33.6 Å². The van der Waals surface area contributed by atoms with Gasteiger partial charge in [-0.05, 0) is 130 Å². The van der Waals surface area contributed by atoms with Gasteiger partial charge in [-0.25, -0.2) is 0 Å². The van der Waals surface area contributed by atoms with E-state index in [-0.39, 0.29) is 5.41 Å². The molecule has 0 amide bonds. The Morgan fingerprint density at radius 2 is 1.11 bits per heavy atom. The van der Waals surface area contributed by atoms with Crippen LogP contribution in [-0.4, -0.2) is 15.9 Å². The number of para-hydroxylation sites is 3. The molecule has 0 spiro atoms. The fraction of sp³-hybridized carbons (Fsp3) is 0.0656. The van der Waals surface area contributed by atoms with Crippen molar-refractivity contribution < 1.29 is 4.42 Å². The Kier molecular flexibility index (Phi) is 8.13. The van der Waals surface area contributed by atoms with E-state index in [0.717, 1.165) is 56.3 Å². The Labute approximate surface area is 376 Å². The van der Waals surface area contributed by atoms with Gasteiger partial charge in [-0.1, -0.05) is 135 Å². The van der Waals surface area contributed by atoms with E-state index >= 15 is 0 Å². The lowest BCUT2D eigenvalue weighted by Gasteiger charge is -2.22. The maximum absolute atomic E-state index is 6.49. The van der Waals surface area contributed by atoms with E-state index < -0.39 is 0 Å². The van der Waals surface area contributed by atoms with Gasteiger partial charge in [0.15, 0.2) is 0 Å². The minimum absolute atomic E-state index is 0.163. The van der Waals surface area contributed by atoms with E-state index in [9.17, 15) is 0 Å². The Morgan fingerprint density at radius 1 is 0.492 bits per heavy atom. The van der Waals surface area contributed by atoms with E-state index in [1.807, 2.05) is 24.3 Å². The topological polar surface area (TPSA) is 35.4 Å². The number of benzene rings is 9. The minimum atomic E-state index is -0.163. The zero-order valence-corrected chi connectivity index (χ0v) is 36.2. The molecular formula is C61H43N3O. The van der Waals surface area contributed by atoms with E-state index in [4.69, 9.17) is 4.42 Å². The van der Waals surface area contributed by atoms with Crippen molar-refractivity contribution in [2.75, 3.05) is 0 Å². The average molecular weight is 834 g/mol. The second kappa shape index (κ2) is 14.2. The normalized spacial score (nSPS) is 13.4. The summed E-state index contributed by atoms with van der Waals surface area (Å²) in [5, 5.41) is 7.20. The molecule has 4 heteroatoms. The Hall–Kier alpha value is -8.21. The summed E-state index contributed by atoms with van der Waals surface area (Å²) in [5.74, 6) is 0. The van der Waals surface area contributed by atoms with Gasteiger partial charge in [0.1, 0.15) is 11.2 Å². The summed E-state index contributed by atoms with van der Waals surface area (Å²) in [6.07, 6.45) is 2.91. The van der Waals surface area contributed by atoms with Crippen LogP contribution in [0.15, 0.2) is 210 Å². The Balaban J connectivity index is 0.954. The number of rotatable bonds is 7. The average Bonchev–Trinajstić information content (AvgIpc) is 4.05. The predicted molar refractivity (Wildman–Crippen MR) is 273 cm³/mol. The van der Waals surface area contributed by atoms with Crippen molar-refractivity contribution in [3.63, 3.8) is 0 Å². The highest BCUT2D eigenvalue weighted by atomic mass is 16.3. The van der Waals surface area contributed by atoms with Gasteiger partial charge in [-0.2, -0.15) is 0 Å². The van der Waals surface area contributed by atoms with Crippen molar-refractivity contribution in [1.82, 2.24) is 9.13 Å². The molecule has 0 bridgehead atoms. The molecule has 4 nitrogen and oxygen atoms in total.